The van der Waals surface area contributed by atoms with Gasteiger partial charge in [-0.05, 0) is 98.5 Å². The Balaban J connectivity index is 0.000000258. The number of nitrogens with one attached hydrogen (secondary N) is 1. The van der Waals surface area contributed by atoms with Gasteiger partial charge >= 0.3 is 18.3 Å². The number of ether oxygens (including phenoxy) is 3. The van der Waals surface area contributed by atoms with E-state index in [1.807, 2.05) is 88.9 Å². The molecule has 0 spiro atoms. The second kappa shape index (κ2) is 19.3. The third-order valence-corrected chi connectivity index (χ3v) is 9.67. The number of hydrogen-bond donors (Lipinski definition) is 2. The molecular weight excluding hydrogens is 692 g/mol. The molecule has 1 aromatic rings. The van der Waals surface area contributed by atoms with E-state index in [-0.39, 0.29) is 48.7 Å². The molecule has 3 saturated heterocycles. The van der Waals surface area contributed by atoms with Gasteiger partial charge in [-0.25, -0.2) is 14.4 Å². The zero-order valence-electron chi connectivity index (χ0n) is 33.1. The third kappa shape index (κ3) is 13.2. The zero-order valence-corrected chi connectivity index (χ0v) is 33.1. The van der Waals surface area contributed by atoms with E-state index in [9.17, 15) is 24.0 Å². The van der Waals surface area contributed by atoms with Crippen LogP contribution in [0.1, 0.15) is 98.5 Å². The second-order valence-electron chi connectivity index (χ2n) is 16.5. The van der Waals surface area contributed by atoms with Crippen LogP contribution in [0.25, 0.3) is 0 Å². The van der Waals surface area contributed by atoms with Gasteiger partial charge in [-0.1, -0.05) is 42.5 Å². The zero-order chi connectivity index (χ0) is 39.5. The highest BCUT2D eigenvalue weighted by Gasteiger charge is 2.37. The molecule has 14 heteroatoms. The number of carbonyl (C=O) groups excluding carboxylic acids is 5. The van der Waals surface area contributed by atoms with Crippen molar-refractivity contribution in [2.45, 2.75) is 135 Å². The van der Waals surface area contributed by atoms with Crippen molar-refractivity contribution in [1.82, 2.24) is 24.9 Å². The average molecular weight is 755 g/mol. The van der Waals surface area contributed by atoms with E-state index < -0.39 is 23.3 Å². The van der Waals surface area contributed by atoms with E-state index in [0.29, 0.717) is 39.1 Å². The predicted octanol–water partition coefficient (Wildman–Crippen LogP) is 5.20. The molecule has 0 aliphatic carbocycles. The molecule has 5 amide bonds. The van der Waals surface area contributed by atoms with Gasteiger partial charge in [0.1, 0.15) is 23.9 Å². The summed E-state index contributed by atoms with van der Waals surface area (Å²) in [5.41, 5.74) is 5.77. The van der Waals surface area contributed by atoms with Crippen molar-refractivity contribution in [3.63, 3.8) is 0 Å². The van der Waals surface area contributed by atoms with Gasteiger partial charge in [0.25, 0.3) is 0 Å². The molecule has 54 heavy (non-hydrogen) atoms. The maximum atomic E-state index is 13.2. The molecule has 3 fully saturated rings. The molecule has 4 heterocycles. The molecule has 5 rings (SSSR count). The third-order valence-electron chi connectivity index (χ3n) is 9.67. The number of nitrogens with two attached hydrogens (primary N) is 1. The lowest BCUT2D eigenvalue weighted by Crippen LogP contribution is -2.56. The smallest absolute Gasteiger partial charge is 0.410 e. The number of nitrogens with zero attached hydrogens (tertiary/aromatic N) is 4. The lowest BCUT2D eigenvalue weighted by Gasteiger charge is -2.40. The highest BCUT2D eigenvalue weighted by atomic mass is 16.6. The standard InChI is InChI=1S/C24H33N3O5.C16H29N3O3/c1-24(2,3)32-23(30)26-14-9-12-19(16-26)27-15-8-7-13-20(21(27)28)25-22(29)31-17-18-10-5-4-6-11-18;1-16(2,3)22-15(21)18-9-6-7-12(11-18)19-10-5-4-8-13(17)14(19)20/h4-8,10-11,19-20H,9,12-17H2,1-3H3,(H,25,29);12-13H,4-11,17H2,1-3H3/t19-,20-;12-,13-/m11/s1. The van der Waals surface area contributed by atoms with Crippen LogP contribution in [0.4, 0.5) is 14.4 Å². The number of benzene rings is 1. The normalized spacial score (nSPS) is 24.1. The van der Waals surface area contributed by atoms with Crippen LogP contribution < -0.4 is 11.1 Å². The highest BCUT2D eigenvalue weighted by Crippen LogP contribution is 2.24. The Kier molecular flexibility index (Phi) is 15.2. The lowest BCUT2D eigenvalue weighted by molar-refractivity contribution is -0.136. The fourth-order valence-corrected chi connectivity index (χ4v) is 7.03. The Morgan fingerprint density at radius 3 is 1.89 bits per heavy atom. The van der Waals surface area contributed by atoms with E-state index in [4.69, 9.17) is 19.9 Å². The number of rotatable bonds is 5. The fraction of sp³-hybridized carbons (Fsp3) is 0.675. The molecule has 0 radical (unpaired) electrons. The topological polar surface area (TPSA) is 164 Å². The SMILES string of the molecule is CC(C)(C)OC(=O)N1CCC[C@@H](N2CC=CC[C@@H](NC(=O)OCc3ccccc3)C2=O)C1.CC(C)(C)OC(=O)N1CCC[C@@H](N2CCCC[C@@H](N)C2=O)C1. The first-order valence-electron chi connectivity index (χ1n) is 19.5. The van der Waals surface area contributed by atoms with E-state index >= 15 is 0 Å². The number of amides is 5. The summed E-state index contributed by atoms with van der Waals surface area (Å²) in [6.45, 7) is 14.7. The van der Waals surface area contributed by atoms with Crippen LogP contribution >= 0.6 is 0 Å². The summed E-state index contributed by atoms with van der Waals surface area (Å²) >= 11 is 0. The fourth-order valence-electron chi connectivity index (χ4n) is 7.03. The summed E-state index contributed by atoms with van der Waals surface area (Å²) < 4.78 is 16.2. The van der Waals surface area contributed by atoms with Gasteiger partial charge in [0, 0.05) is 51.4 Å². The molecule has 0 unspecified atom stereocenters. The van der Waals surface area contributed by atoms with Crippen molar-refractivity contribution in [3.05, 3.63) is 48.0 Å². The van der Waals surface area contributed by atoms with E-state index in [1.165, 1.54) is 0 Å². The number of alkyl carbamates (subject to hydrolysis) is 1. The van der Waals surface area contributed by atoms with Crippen molar-refractivity contribution in [1.29, 1.82) is 0 Å². The molecule has 4 aliphatic heterocycles. The first-order valence-corrected chi connectivity index (χ1v) is 19.5. The molecule has 3 N–H and O–H groups in total. The minimum absolute atomic E-state index is 0.0357. The minimum Gasteiger partial charge on any atom is -0.445 e. The largest absolute Gasteiger partial charge is 0.445 e. The first kappa shape index (κ1) is 42.4. The summed E-state index contributed by atoms with van der Waals surface area (Å²) in [5, 5.41) is 2.70. The van der Waals surface area contributed by atoms with Gasteiger partial charge in [0.2, 0.25) is 11.8 Å². The van der Waals surface area contributed by atoms with Crippen molar-refractivity contribution < 1.29 is 38.2 Å². The van der Waals surface area contributed by atoms with Crippen molar-refractivity contribution in [2.75, 3.05) is 39.3 Å². The van der Waals surface area contributed by atoms with Gasteiger partial charge in [-0.2, -0.15) is 0 Å². The molecule has 14 nitrogen and oxygen atoms in total. The molecule has 0 bridgehead atoms. The van der Waals surface area contributed by atoms with E-state index in [2.05, 4.69) is 5.32 Å². The summed E-state index contributed by atoms with van der Waals surface area (Å²) in [6.07, 6.45) is 9.10. The summed E-state index contributed by atoms with van der Waals surface area (Å²) in [6, 6.07) is 8.23. The van der Waals surface area contributed by atoms with Crippen LogP contribution in [-0.2, 0) is 30.4 Å². The quantitative estimate of drug-likeness (QED) is 0.304. The van der Waals surface area contributed by atoms with Gasteiger partial charge in [0.05, 0.1) is 6.04 Å². The second-order valence-corrected chi connectivity index (χ2v) is 16.5. The molecule has 0 aromatic heterocycles. The Morgan fingerprint density at radius 2 is 1.31 bits per heavy atom. The maximum absolute atomic E-state index is 13.2. The van der Waals surface area contributed by atoms with Crippen LogP contribution in [0, 0.1) is 0 Å². The summed E-state index contributed by atoms with van der Waals surface area (Å²) in [4.78, 5) is 69.7. The lowest BCUT2D eigenvalue weighted by atomic mass is 10.0. The van der Waals surface area contributed by atoms with Gasteiger partial charge in [0.15, 0.2) is 0 Å². The van der Waals surface area contributed by atoms with Crippen LogP contribution in [0.2, 0.25) is 0 Å². The van der Waals surface area contributed by atoms with Gasteiger partial charge < -0.3 is 44.9 Å². The average Bonchev–Trinajstić information content (AvgIpc) is 3.40. The minimum atomic E-state index is -0.700. The van der Waals surface area contributed by atoms with Crippen LogP contribution in [0.15, 0.2) is 42.5 Å². The Bertz CT molecular complexity index is 1460. The number of piperidine rings is 2. The van der Waals surface area contributed by atoms with E-state index in [0.717, 1.165) is 57.1 Å². The molecule has 300 valence electrons. The van der Waals surface area contributed by atoms with Gasteiger partial charge in [-0.15, -0.1) is 0 Å². The number of likely N-dealkylation sites (tertiary alicyclic amines) is 3. The Labute approximate surface area is 320 Å². The molecule has 4 aliphatic rings. The number of carbonyl (C=O) groups is 5. The van der Waals surface area contributed by atoms with Crippen LogP contribution in [0.3, 0.4) is 0 Å². The predicted molar refractivity (Wildman–Crippen MR) is 204 cm³/mol. The van der Waals surface area contributed by atoms with Crippen molar-refractivity contribution in [2.24, 2.45) is 5.73 Å². The monoisotopic (exact) mass is 754 g/mol. The molecule has 0 saturated carbocycles. The van der Waals surface area contributed by atoms with Gasteiger partial charge in [-0.3, -0.25) is 9.59 Å². The highest BCUT2D eigenvalue weighted by molar-refractivity contribution is 5.86. The molecule has 4 atom stereocenters. The van der Waals surface area contributed by atoms with Crippen LogP contribution in [0.5, 0.6) is 0 Å². The molecule has 1 aromatic carbocycles. The Hall–Kier alpha value is -4.33. The van der Waals surface area contributed by atoms with Crippen molar-refractivity contribution in [3.8, 4) is 0 Å². The van der Waals surface area contributed by atoms with E-state index in [1.54, 1.807) is 14.7 Å². The molecular formula is C40H62N6O8. The van der Waals surface area contributed by atoms with Crippen molar-refractivity contribution >= 4 is 30.1 Å². The van der Waals surface area contributed by atoms with Crippen LogP contribution in [-0.4, -0.2) is 124 Å². The maximum Gasteiger partial charge on any atom is 0.410 e. The first-order chi connectivity index (χ1) is 25.5. The Morgan fingerprint density at radius 1 is 0.741 bits per heavy atom. The summed E-state index contributed by atoms with van der Waals surface area (Å²) in [7, 11) is 0. The number of hydrogen-bond acceptors (Lipinski definition) is 9. The summed E-state index contributed by atoms with van der Waals surface area (Å²) in [5.74, 6) is -0.128.